The molecule has 6 aromatic rings. The zero-order valence-electron chi connectivity index (χ0n) is 38.6. The summed E-state index contributed by atoms with van der Waals surface area (Å²) in [6, 6.07) is 47.5. The van der Waals surface area contributed by atoms with Crippen LogP contribution in [-0.2, 0) is 21.7 Å². The van der Waals surface area contributed by atoms with Gasteiger partial charge in [0, 0.05) is 22.9 Å². The molecule has 7 rings (SSSR count). The second-order valence-electron chi connectivity index (χ2n) is 20.7. The van der Waals surface area contributed by atoms with Crippen molar-refractivity contribution in [2.45, 2.75) is 105 Å². The molecular weight excluding hydrogens is 729 g/mol. The molecule has 0 fully saturated rings. The monoisotopic (exact) mass is 794 g/mol. The molecule has 2 heterocycles. The minimum absolute atomic E-state index is 0.0432. The number of methoxy groups -OCH3 is 1. The van der Waals surface area contributed by atoms with Gasteiger partial charge in [-0.05, 0) is 96.5 Å². The number of rotatable bonds is 7. The lowest BCUT2D eigenvalue weighted by Crippen LogP contribution is -2.15. The Morgan fingerprint density at radius 1 is 0.483 bits per heavy atom. The number of aromatic nitrogens is 1. The molecule has 0 unspecified atom stereocenters. The van der Waals surface area contributed by atoms with E-state index in [1.54, 1.807) is 7.11 Å². The smallest absolute Gasteiger partial charge is 0.223 e. The molecule has 0 radical (unpaired) electrons. The van der Waals surface area contributed by atoms with Crippen LogP contribution >= 0.6 is 0 Å². The Hall–Kier alpha value is -5.67. The first-order chi connectivity index (χ1) is 28.1. The summed E-state index contributed by atoms with van der Waals surface area (Å²) >= 11 is 0. The van der Waals surface area contributed by atoms with Crippen molar-refractivity contribution in [3.05, 3.63) is 184 Å². The van der Waals surface area contributed by atoms with E-state index in [9.17, 15) is 0 Å². The molecule has 1 aliphatic heterocycles. The van der Waals surface area contributed by atoms with E-state index in [1.807, 2.05) is 0 Å². The minimum atomic E-state index is 0.0432. The van der Waals surface area contributed by atoms with Crippen molar-refractivity contribution in [1.82, 2.24) is 4.98 Å². The third kappa shape index (κ3) is 8.64. The number of nitrogens with zero attached hydrogens (tertiary/aromatic N) is 1. The standard InChI is InChI=1S/C57H64N2O/c1-54(2,3)42-25-15-37(16-26-42)47-35-49(39-19-29-44(30-20-39)56(7,8)9)58-52(47)51(41-23-33-46(60-14)34-24-41)53-48(38-17-27-43(28-18-38)55(4,5)6)36-50(59(53)13)40-21-31-45(32-22-40)57(10,11)12/h15-36H,1-14H3/p+1. The topological polar surface area (TPSA) is 28.0 Å². The Bertz CT molecular complexity index is 2580. The van der Waals surface area contributed by atoms with E-state index < -0.39 is 0 Å². The quantitative estimate of drug-likeness (QED) is 0.160. The SMILES string of the molecule is COc1ccc(/C(=C2\C(c3ccc(C(C)(C)C)cc3)=CC(c3ccc(C(C)(C)C)cc3)=[N+]2C)c2[nH]c(-c3ccc(C(C)(C)C)cc3)cc2-c2ccc(C(C)(C)C)cc2)cc1. The highest BCUT2D eigenvalue weighted by molar-refractivity contribution is 6.15. The number of allylic oxidation sites excluding steroid dienone is 2. The van der Waals surface area contributed by atoms with Crippen molar-refractivity contribution in [2.75, 3.05) is 14.2 Å². The summed E-state index contributed by atoms with van der Waals surface area (Å²) in [5.74, 6) is 0.826. The number of hydrogen-bond donors (Lipinski definition) is 1. The van der Waals surface area contributed by atoms with E-state index in [1.165, 1.54) is 44.5 Å². The van der Waals surface area contributed by atoms with E-state index in [0.717, 1.165) is 50.8 Å². The molecule has 0 saturated carbocycles. The Kier molecular flexibility index (Phi) is 11.1. The molecule has 3 nitrogen and oxygen atoms in total. The zero-order chi connectivity index (χ0) is 43.4. The average molecular weight is 794 g/mol. The molecule has 3 heteroatoms. The number of aromatic amines is 1. The van der Waals surface area contributed by atoms with Crippen LogP contribution in [0.1, 0.15) is 128 Å². The molecule has 1 N–H and O–H groups in total. The van der Waals surface area contributed by atoms with Crippen molar-refractivity contribution in [2.24, 2.45) is 0 Å². The average Bonchev–Trinajstić information content (AvgIpc) is 3.79. The molecule has 308 valence electrons. The second-order valence-corrected chi connectivity index (χ2v) is 20.7. The summed E-state index contributed by atoms with van der Waals surface area (Å²) in [6.07, 6.45) is 2.39. The lowest BCUT2D eigenvalue weighted by Gasteiger charge is -2.20. The zero-order valence-corrected chi connectivity index (χ0v) is 38.6. The first-order valence-corrected chi connectivity index (χ1v) is 21.5. The van der Waals surface area contributed by atoms with Crippen molar-refractivity contribution in [1.29, 1.82) is 0 Å². The normalized spacial score (nSPS) is 14.7. The van der Waals surface area contributed by atoms with Crippen LogP contribution in [0.3, 0.4) is 0 Å². The highest BCUT2D eigenvalue weighted by Gasteiger charge is 2.36. The highest BCUT2D eigenvalue weighted by atomic mass is 16.5. The molecule has 1 aliphatic rings. The molecule has 0 spiro atoms. The first-order valence-electron chi connectivity index (χ1n) is 21.5. The molecule has 0 amide bonds. The highest BCUT2D eigenvalue weighted by Crippen LogP contribution is 2.44. The van der Waals surface area contributed by atoms with Crippen molar-refractivity contribution >= 4 is 16.9 Å². The molecule has 5 aromatic carbocycles. The molecule has 60 heavy (non-hydrogen) atoms. The van der Waals surface area contributed by atoms with Gasteiger partial charge < -0.3 is 9.72 Å². The van der Waals surface area contributed by atoms with E-state index in [0.29, 0.717) is 0 Å². The number of nitrogens with one attached hydrogen (secondary N) is 1. The Labute approximate surface area is 360 Å². The Morgan fingerprint density at radius 2 is 0.883 bits per heavy atom. The van der Waals surface area contributed by atoms with E-state index >= 15 is 0 Å². The third-order valence-corrected chi connectivity index (χ3v) is 12.1. The maximum atomic E-state index is 5.72. The van der Waals surface area contributed by atoms with Gasteiger partial charge in [-0.2, -0.15) is 4.58 Å². The summed E-state index contributed by atoms with van der Waals surface area (Å²) in [6.45, 7) is 27.3. The summed E-state index contributed by atoms with van der Waals surface area (Å²) in [7, 11) is 3.96. The fraction of sp³-hybridized carbons (Fsp3) is 0.316. The van der Waals surface area contributed by atoms with Gasteiger partial charge in [0.2, 0.25) is 11.4 Å². The lowest BCUT2D eigenvalue weighted by atomic mass is 9.85. The fourth-order valence-corrected chi connectivity index (χ4v) is 8.18. The predicted octanol–water partition coefficient (Wildman–Crippen LogP) is 14.5. The van der Waals surface area contributed by atoms with Crippen LogP contribution in [0.15, 0.2) is 139 Å². The second kappa shape index (κ2) is 15.7. The van der Waals surface area contributed by atoms with Gasteiger partial charge in [0.05, 0.1) is 23.9 Å². The molecular formula is C57H65N2O+. The van der Waals surface area contributed by atoms with Crippen molar-refractivity contribution < 1.29 is 9.31 Å². The van der Waals surface area contributed by atoms with Gasteiger partial charge in [-0.15, -0.1) is 0 Å². The number of H-pyrrole nitrogens is 1. The van der Waals surface area contributed by atoms with Crippen molar-refractivity contribution in [3.63, 3.8) is 0 Å². The maximum Gasteiger partial charge on any atom is 0.223 e. The lowest BCUT2D eigenvalue weighted by molar-refractivity contribution is -0.430. The Balaban J connectivity index is 1.56. The fourth-order valence-electron chi connectivity index (χ4n) is 8.18. The summed E-state index contributed by atoms with van der Waals surface area (Å²) in [4.78, 5) is 4.05. The Morgan fingerprint density at radius 3 is 1.30 bits per heavy atom. The van der Waals surface area contributed by atoms with Crippen LogP contribution in [0.2, 0.25) is 0 Å². The van der Waals surface area contributed by atoms with Gasteiger partial charge in [0.15, 0.2) is 0 Å². The van der Waals surface area contributed by atoms with Crippen LogP contribution in [0.5, 0.6) is 5.75 Å². The van der Waals surface area contributed by atoms with Gasteiger partial charge in [-0.1, -0.05) is 180 Å². The van der Waals surface area contributed by atoms with Gasteiger partial charge in [0.25, 0.3) is 0 Å². The van der Waals surface area contributed by atoms with Crippen LogP contribution in [0.25, 0.3) is 33.5 Å². The van der Waals surface area contributed by atoms with Crippen LogP contribution in [-0.4, -0.2) is 29.4 Å². The summed E-state index contributed by atoms with van der Waals surface area (Å²) in [5.41, 5.74) is 19.2. The number of benzene rings is 5. The number of hydrogen-bond acceptors (Lipinski definition) is 1. The van der Waals surface area contributed by atoms with Gasteiger partial charge in [0.1, 0.15) is 12.8 Å². The summed E-state index contributed by atoms with van der Waals surface area (Å²) in [5, 5.41) is 0. The van der Waals surface area contributed by atoms with Gasteiger partial charge >= 0.3 is 0 Å². The van der Waals surface area contributed by atoms with Gasteiger partial charge in [-0.3, -0.25) is 0 Å². The van der Waals surface area contributed by atoms with Crippen LogP contribution in [0.4, 0.5) is 0 Å². The predicted molar refractivity (Wildman–Crippen MR) is 257 cm³/mol. The summed E-state index contributed by atoms with van der Waals surface area (Å²) < 4.78 is 8.12. The maximum absolute atomic E-state index is 5.72. The minimum Gasteiger partial charge on any atom is -0.497 e. The first kappa shape index (κ1) is 42.5. The number of ether oxygens (including phenoxy) is 1. The van der Waals surface area contributed by atoms with E-state index in [2.05, 4.69) is 233 Å². The van der Waals surface area contributed by atoms with Gasteiger partial charge in [-0.25, -0.2) is 0 Å². The largest absolute Gasteiger partial charge is 0.497 e. The molecule has 0 bridgehead atoms. The molecule has 0 aliphatic carbocycles. The van der Waals surface area contributed by atoms with Crippen LogP contribution in [0, 0.1) is 0 Å². The van der Waals surface area contributed by atoms with Crippen molar-refractivity contribution in [3.8, 4) is 28.1 Å². The molecule has 0 saturated heterocycles. The molecule has 1 aromatic heterocycles. The number of likely N-dealkylation sites (N-methyl/N-ethyl adjacent to an activating group) is 1. The third-order valence-electron chi connectivity index (χ3n) is 12.1. The van der Waals surface area contributed by atoms with E-state index in [-0.39, 0.29) is 21.7 Å². The van der Waals surface area contributed by atoms with E-state index in [4.69, 9.17) is 4.74 Å². The molecule has 0 atom stereocenters. The van der Waals surface area contributed by atoms with Crippen LogP contribution < -0.4 is 4.74 Å².